The summed E-state index contributed by atoms with van der Waals surface area (Å²) >= 11 is 0. The van der Waals surface area contributed by atoms with Gasteiger partial charge in [0.1, 0.15) is 11.7 Å². The molecule has 0 saturated carbocycles. The molecule has 1 fully saturated rings. The Bertz CT molecular complexity index is 551. The molecule has 0 bridgehead atoms. The van der Waals surface area contributed by atoms with Crippen molar-refractivity contribution in [2.24, 2.45) is 0 Å². The van der Waals surface area contributed by atoms with Gasteiger partial charge in [0, 0.05) is 6.20 Å². The van der Waals surface area contributed by atoms with E-state index in [4.69, 9.17) is 10.00 Å². The quantitative estimate of drug-likeness (QED) is 0.790. The molecule has 1 saturated heterocycles. The summed E-state index contributed by atoms with van der Waals surface area (Å²) in [6, 6.07) is 4.92. The summed E-state index contributed by atoms with van der Waals surface area (Å²) in [6.45, 7) is 5.11. The predicted molar refractivity (Wildman–Crippen MR) is 69.5 cm³/mol. The summed E-state index contributed by atoms with van der Waals surface area (Å²) in [6.07, 6.45) is 0.798. The van der Waals surface area contributed by atoms with Gasteiger partial charge >= 0.3 is 6.09 Å². The Morgan fingerprint density at radius 1 is 1.50 bits per heavy atom. The molecule has 0 aromatic carbocycles. The average Bonchev–Trinajstić information content (AvgIpc) is 2.33. The van der Waals surface area contributed by atoms with E-state index in [-0.39, 0.29) is 18.8 Å². The minimum atomic E-state index is -1.66. The number of alkyl halides is 1. The van der Waals surface area contributed by atoms with Crippen molar-refractivity contribution in [3.05, 3.63) is 29.6 Å². The van der Waals surface area contributed by atoms with Crippen LogP contribution in [0.4, 0.5) is 9.18 Å². The summed E-state index contributed by atoms with van der Waals surface area (Å²) in [5.41, 5.74) is -1.65. The van der Waals surface area contributed by atoms with Gasteiger partial charge in [-0.2, -0.15) is 5.26 Å². The van der Waals surface area contributed by atoms with Crippen LogP contribution in [0.15, 0.2) is 18.3 Å². The van der Waals surface area contributed by atoms with Gasteiger partial charge in [0.25, 0.3) is 0 Å². The van der Waals surface area contributed by atoms with Gasteiger partial charge < -0.3 is 9.64 Å². The van der Waals surface area contributed by atoms with E-state index < -0.39 is 17.4 Å². The lowest BCUT2D eigenvalue weighted by atomic mass is 9.92. The molecule has 1 amide bonds. The van der Waals surface area contributed by atoms with Crippen LogP contribution in [0.2, 0.25) is 0 Å². The second-order valence-corrected chi connectivity index (χ2v) is 5.85. The van der Waals surface area contributed by atoms with Crippen LogP contribution in [0.1, 0.15) is 32.0 Å². The van der Waals surface area contributed by atoms with Crippen molar-refractivity contribution in [1.82, 2.24) is 9.88 Å². The van der Waals surface area contributed by atoms with Crippen LogP contribution in [-0.2, 0) is 10.4 Å². The first-order chi connectivity index (χ1) is 9.23. The number of amides is 1. The Morgan fingerprint density at radius 2 is 2.15 bits per heavy atom. The van der Waals surface area contributed by atoms with Gasteiger partial charge in [-0.15, -0.1) is 0 Å². The van der Waals surface area contributed by atoms with Crippen molar-refractivity contribution in [1.29, 1.82) is 5.26 Å². The molecular formula is C14H16FN3O2. The maximum Gasteiger partial charge on any atom is 0.410 e. The van der Waals surface area contributed by atoms with Crippen LogP contribution in [0.25, 0.3) is 0 Å². The van der Waals surface area contributed by atoms with Gasteiger partial charge in [-0.05, 0) is 32.9 Å². The number of hydrogen-bond donors (Lipinski definition) is 0. The molecule has 1 aliphatic rings. The van der Waals surface area contributed by atoms with Crippen LogP contribution < -0.4 is 0 Å². The van der Waals surface area contributed by atoms with Crippen molar-refractivity contribution in [3.63, 3.8) is 0 Å². The number of aromatic nitrogens is 1. The van der Waals surface area contributed by atoms with Crippen LogP contribution in [-0.4, -0.2) is 34.7 Å². The van der Waals surface area contributed by atoms with Crippen LogP contribution in [0.5, 0.6) is 0 Å². The van der Waals surface area contributed by atoms with Crippen LogP contribution in [0.3, 0.4) is 0 Å². The maximum atomic E-state index is 14.5. The Balaban J connectivity index is 2.00. The summed E-state index contributed by atoms with van der Waals surface area (Å²) in [7, 11) is 0. The number of carbonyl (C=O) groups excluding carboxylic acids is 1. The highest BCUT2D eigenvalue weighted by Crippen LogP contribution is 2.35. The minimum absolute atomic E-state index is 0.0825. The van der Waals surface area contributed by atoms with Crippen molar-refractivity contribution >= 4 is 6.09 Å². The molecule has 0 radical (unpaired) electrons. The minimum Gasteiger partial charge on any atom is -0.444 e. The zero-order chi connectivity index (χ0) is 15.0. The SMILES string of the molecule is CC(C)(C)OC(=O)N1CC(F)(c2ccc(C#N)cn2)C1. The highest BCUT2D eigenvalue weighted by Gasteiger charge is 2.49. The van der Waals surface area contributed by atoms with Gasteiger partial charge in [0.05, 0.1) is 24.3 Å². The zero-order valence-corrected chi connectivity index (χ0v) is 11.7. The number of likely N-dealkylation sites (tertiary alicyclic amines) is 1. The Kier molecular flexibility index (Phi) is 3.38. The Hall–Kier alpha value is -2.16. The van der Waals surface area contributed by atoms with E-state index >= 15 is 0 Å². The Labute approximate surface area is 117 Å². The summed E-state index contributed by atoms with van der Waals surface area (Å²) in [4.78, 5) is 17.0. The average molecular weight is 277 g/mol. The zero-order valence-electron chi connectivity index (χ0n) is 11.7. The third kappa shape index (κ3) is 2.87. The van der Waals surface area contributed by atoms with Gasteiger partial charge in [0.15, 0.2) is 5.67 Å². The molecule has 1 aromatic rings. The van der Waals surface area contributed by atoms with Gasteiger partial charge in [0.2, 0.25) is 0 Å². The van der Waals surface area contributed by atoms with E-state index in [1.807, 2.05) is 6.07 Å². The number of rotatable bonds is 1. The highest BCUT2D eigenvalue weighted by molar-refractivity contribution is 5.69. The third-order valence-electron chi connectivity index (χ3n) is 2.89. The molecule has 0 N–H and O–H groups in total. The van der Waals surface area contributed by atoms with Gasteiger partial charge in [-0.25, -0.2) is 9.18 Å². The first-order valence-electron chi connectivity index (χ1n) is 6.27. The molecule has 5 nitrogen and oxygen atoms in total. The van der Waals surface area contributed by atoms with E-state index in [2.05, 4.69) is 4.98 Å². The van der Waals surface area contributed by atoms with Crippen LogP contribution in [0, 0.1) is 11.3 Å². The van der Waals surface area contributed by atoms with Crippen molar-refractivity contribution in [2.45, 2.75) is 32.0 Å². The molecule has 20 heavy (non-hydrogen) atoms. The van der Waals surface area contributed by atoms with Gasteiger partial charge in [-0.1, -0.05) is 0 Å². The highest BCUT2D eigenvalue weighted by atomic mass is 19.1. The number of pyridine rings is 1. The molecule has 2 heterocycles. The lowest BCUT2D eigenvalue weighted by Crippen LogP contribution is -2.59. The smallest absolute Gasteiger partial charge is 0.410 e. The first kappa shape index (κ1) is 14.3. The number of hydrogen-bond acceptors (Lipinski definition) is 4. The fourth-order valence-electron chi connectivity index (χ4n) is 1.90. The van der Waals surface area contributed by atoms with E-state index in [0.717, 1.165) is 0 Å². The number of halogens is 1. The summed E-state index contributed by atoms with van der Waals surface area (Å²) in [5, 5.41) is 8.67. The standard InChI is InChI=1S/C14H16FN3O2/c1-13(2,3)20-12(19)18-8-14(15,9-18)11-5-4-10(6-16)7-17-11/h4-5,7H,8-9H2,1-3H3. The normalized spacial score (nSPS) is 17.1. The number of ether oxygens (including phenoxy) is 1. The molecule has 106 valence electrons. The van der Waals surface area contributed by atoms with Crippen LogP contribution >= 0.6 is 0 Å². The van der Waals surface area contributed by atoms with Crippen molar-refractivity contribution in [3.8, 4) is 6.07 Å². The predicted octanol–water partition coefficient (Wildman–Crippen LogP) is 2.37. The fraction of sp³-hybridized carbons (Fsp3) is 0.500. The molecule has 0 unspecified atom stereocenters. The fourth-order valence-corrected chi connectivity index (χ4v) is 1.90. The molecule has 6 heteroatoms. The molecule has 0 spiro atoms. The summed E-state index contributed by atoms with van der Waals surface area (Å²) < 4.78 is 19.7. The van der Waals surface area contributed by atoms with Crippen molar-refractivity contribution in [2.75, 3.05) is 13.1 Å². The number of nitriles is 1. The van der Waals surface area contributed by atoms with E-state index in [1.54, 1.807) is 20.8 Å². The van der Waals surface area contributed by atoms with E-state index in [9.17, 15) is 9.18 Å². The van der Waals surface area contributed by atoms with Gasteiger partial charge in [-0.3, -0.25) is 4.98 Å². The Morgan fingerprint density at radius 3 is 2.60 bits per heavy atom. The molecule has 0 atom stereocenters. The molecule has 2 rings (SSSR count). The van der Waals surface area contributed by atoms with E-state index in [1.165, 1.54) is 23.2 Å². The first-order valence-corrected chi connectivity index (χ1v) is 6.27. The second-order valence-electron chi connectivity index (χ2n) is 5.85. The van der Waals surface area contributed by atoms with Crippen molar-refractivity contribution < 1.29 is 13.9 Å². The lowest BCUT2D eigenvalue weighted by Gasteiger charge is -2.43. The molecular weight excluding hydrogens is 261 g/mol. The molecule has 1 aliphatic heterocycles. The monoisotopic (exact) mass is 277 g/mol. The second kappa shape index (κ2) is 4.75. The number of nitrogens with zero attached hydrogens (tertiary/aromatic N) is 3. The number of carbonyl (C=O) groups is 1. The molecule has 0 aliphatic carbocycles. The third-order valence-corrected chi connectivity index (χ3v) is 2.89. The topological polar surface area (TPSA) is 66.2 Å². The lowest BCUT2D eigenvalue weighted by molar-refractivity contribution is -0.0556. The largest absolute Gasteiger partial charge is 0.444 e. The molecule has 1 aromatic heterocycles. The van der Waals surface area contributed by atoms with E-state index in [0.29, 0.717) is 5.56 Å². The maximum absolute atomic E-state index is 14.5. The summed E-state index contributed by atoms with van der Waals surface area (Å²) in [5.74, 6) is 0.